The van der Waals surface area contributed by atoms with Crippen LogP contribution < -0.4 is 5.32 Å². The number of benzene rings is 1. The molecule has 1 aromatic rings. The third kappa shape index (κ3) is 4.94. The molecule has 0 spiro atoms. The average molecular weight is 263 g/mol. The molecule has 1 N–H and O–H groups in total. The Hall–Kier alpha value is -0.900. The summed E-state index contributed by atoms with van der Waals surface area (Å²) in [5.41, 5.74) is 1.41. The van der Waals surface area contributed by atoms with Gasteiger partial charge in [0.25, 0.3) is 0 Å². The molecule has 1 aromatic carbocycles. The first-order valence-electron chi connectivity index (χ1n) is 7.26. The minimum absolute atomic E-state index is 0.439. The second-order valence-corrected chi connectivity index (χ2v) is 5.18. The summed E-state index contributed by atoms with van der Waals surface area (Å²) in [4.78, 5) is 0. The third-order valence-electron chi connectivity index (χ3n) is 3.72. The molecule has 1 aliphatic heterocycles. The topological polar surface area (TPSA) is 30.5 Å². The predicted octanol–water partition coefficient (Wildman–Crippen LogP) is 2.58. The van der Waals surface area contributed by atoms with Crippen molar-refractivity contribution < 1.29 is 9.47 Å². The van der Waals surface area contributed by atoms with Gasteiger partial charge < -0.3 is 14.8 Å². The molecular formula is C16H25NO2. The summed E-state index contributed by atoms with van der Waals surface area (Å²) in [7, 11) is 1.74. The Morgan fingerprint density at radius 2 is 2.21 bits per heavy atom. The van der Waals surface area contributed by atoms with Crippen LogP contribution in [0.25, 0.3) is 0 Å². The first-order chi connectivity index (χ1) is 9.40. The Morgan fingerprint density at radius 1 is 1.37 bits per heavy atom. The van der Waals surface area contributed by atoms with Crippen molar-refractivity contribution in [3.63, 3.8) is 0 Å². The Labute approximate surface area is 116 Å². The van der Waals surface area contributed by atoms with E-state index in [2.05, 4.69) is 35.6 Å². The Bertz CT molecular complexity index is 336. The zero-order valence-electron chi connectivity index (χ0n) is 11.8. The molecule has 0 bridgehead atoms. The highest BCUT2D eigenvalue weighted by Gasteiger charge is 2.21. The molecule has 0 amide bonds. The van der Waals surface area contributed by atoms with Crippen LogP contribution in [0.1, 0.15) is 30.7 Å². The summed E-state index contributed by atoms with van der Waals surface area (Å²) in [6.45, 7) is 3.60. The summed E-state index contributed by atoms with van der Waals surface area (Å²) >= 11 is 0. The fraction of sp³-hybridized carbons (Fsp3) is 0.625. The molecule has 1 aliphatic rings. The quantitative estimate of drug-likeness (QED) is 0.731. The highest BCUT2D eigenvalue weighted by Crippen LogP contribution is 2.26. The normalized spacial score (nSPS) is 20.6. The van der Waals surface area contributed by atoms with Crippen molar-refractivity contribution in [2.24, 2.45) is 0 Å². The third-order valence-corrected chi connectivity index (χ3v) is 3.72. The zero-order chi connectivity index (χ0) is 13.3. The van der Waals surface area contributed by atoms with E-state index in [1.807, 2.05) is 0 Å². The fourth-order valence-corrected chi connectivity index (χ4v) is 2.66. The number of methoxy groups -OCH3 is 1. The second-order valence-electron chi connectivity index (χ2n) is 5.18. The smallest absolute Gasteiger partial charge is 0.0587 e. The molecule has 3 heteroatoms. The van der Waals surface area contributed by atoms with Crippen LogP contribution in [0.2, 0.25) is 0 Å². The van der Waals surface area contributed by atoms with Gasteiger partial charge in [-0.15, -0.1) is 0 Å². The van der Waals surface area contributed by atoms with Gasteiger partial charge >= 0.3 is 0 Å². The van der Waals surface area contributed by atoms with Crippen molar-refractivity contribution in [3.05, 3.63) is 35.9 Å². The highest BCUT2D eigenvalue weighted by atomic mass is 16.5. The van der Waals surface area contributed by atoms with E-state index in [9.17, 15) is 0 Å². The van der Waals surface area contributed by atoms with Gasteiger partial charge in [-0.2, -0.15) is 0 Å². The maximum Gasteiger partial charge on any atom is 0.0587 e. The Balaban J connectivity index is 1.88. The van der Waals surface area contributed by atoms with E-state index >= 15 is 0 Å². The Kier molecular flexibility index (Phi) is 6.34. The summed E-state index contributed by atoms with van der Waals surface area (Å²) in [5.74, 6) is 0.529. The summed E-state index contributed by atoms with van der Waals surface area (Å²) in [6.07, 6.45) is 3.98. The largest absolute Gasteiger partial charge is 0.383 e. The lowest BCUT2D eigenvalue weighted by Gasteiger charge is -2.21. The van der Waals surface area contributed by atoms with Crippen molar-refractivity contribution in [2.45, 2.75) is 31.3 Å². The molecule has 1 saturated heterocycles. The van der Waals surface area contributed by atoms with Crippen molar-refractivity contribution in [2.75, 3.05) is 33.4 Å². The van der Waals surface area contributed by atoms with Gasteiger partial charge in [-0.1, -0.05) is 30.3 Å². The lowest BCUT2D eigenvalue weighted by atomic mass is 9.92. The van der Waals surface area contributed by atoms with Crippen molar-refractivity contribution in [1.29, 1.82) is 0 Å². The van der Waals surface area contributed by atoms with Gasteiger partial charge in [0.05, 0.1) is 12.7 Å². The monoisotopic (exact) mass is 263 g/mol. The number of nitrogens with one attached hydrogen (secondary N) is 1. The molecule has 106 valence electrons. The van der Waals surface area contributed by atoms with E-state index in [0.717, 1.165) is 32.7 Å². The standard InChI is InChI=1S/C16H25NO2/c1-18-11-9-17-13-15(12-16-8-5-10-19-16)14-6-3-2-4-7-14/h2-4,6-7,15-17H,5,8-13H2,1H3. The first kappa shape index (κ1) is 14.5. The van der Waals surface area contributed by atoms with E-state index in [0.29, 0.717) is 12.0 Å². The lowest BCUT2D eigenvalue weighted by Crippen LogP contribution is -2.27. The molecule has 2 unspecified atom stereocenters. The summed E-state index contributed by atoms with van der Waals surface area (Å²) < 4.78 is 10.9. The van der Waals surface area contributed by atoms with Crippen LogP contribution in [0.5, 0.6) is 0 Å². The van der Waals surface area contributed by atoms with Crippen LogP contribution in [0, 0.1) is 0 Å². The first-order valence-corrected chi connectivity index (χ1v) is 7.26. The lowest BCUT2D eigenvalue weighted by molar-refractivity contribution is 0.0974. The highest BCUT2D eigenvalue weighted by molar-refractivity contribution is 5.20. The Morgan fingerprint density at radius 3 is 2.89 bits per heavy atom. The van der Waals surface area contributed by atoms with E-state index in [1.165, 1.54) is 18.4 Å². The number of hydrogen-bond acceptors (Lipinski definition) is 3. The van der Waals surface area contributed by atoms with Gasteiger partial charge in [0.15, 0.2) is 0 Å². The van der Waals surface area contributed by atoms with Crippen LogP contribution in [-0.2, 0) is 9.47 Å². The molecule has 1 fully saturated rings. The van der Waals surface area contributed by atoms with Gasteiger partial charge in [0.2, 0.25) is 0 Å². The van der Waals surface area contributed by atoms with Crippen LogP contribution in [0.3, 0.4) is 0 Å². The van der Waals surface area contributed by atoms with Gasteiger partial charge in [0, 0.05) is 26.8 Å². The van der Waals surface area contributed by atoms with Crippen molar-refractivity contribution >= 4 is 0 Å². The summed E-state index contributed by atoms with van der Waals surface area (Å²) in [6, 6.07) is 10.8. The van der Waals surface area contributed by atoms with Crippen molar-refractivity contribution in [3.8, 4) is 0 Å². The number of hydrogen-bond donors (Lipinski definition) is 1. The van der Waals surface area contributed by atoms with E-state index in [1.54, 1.807) is 7.11 Å². The second kappa shape index (κ2) is 8.31. The van der Waals surface area contributed by atoms with E-state index in [4.69, 9.17) is 9.47 Å². The molecule has 1 heterocycles. The van der Waals surface area contributed by atoms with Crippen LogP contribution in [-0.4, -0.2) is 39.5 Å². The molecule has 19 heavy (non-hydrogen) atoms. The number of ether oxygens (including phenoxy) is 2. The molecule has 0 radical (unpaired) electrons. The van der Waals surface area contributed by atoms with Crippen LogP contribution >= 0.6 is 0 Å². The van der Waals surface area contributed by atoms with Gasteiger partial charge in [-0.05, 0) is 30.7 Å². The molecule has 0 aromatic heterocycles. The molecule has 3 nitrogen and oxygen atoms in total. The SMILES string of the molecule is COCCNCC(CC1CCCO1)c1ccccc1. The van der Waals surface area contributed by atoms with E-state index < -0.39 is 0 Å². The van der Waals surface area contributed by atoms with Crippen LogP contribution in [0.15, 0.2) is 30.3 Å². The van der Waals surface area contributed by atoms with Gasteiger partial charge in [0.1, 0.15) is 0 Å². The minimum atomic E-state index is 0.439. The fourth-order valence-electron chi connectivity index (χ4n) is 2.66. The van der Waals surface area contributed by atoms with Gasteiger partial charge in [-0.25, -0.2) is 0 Å². The maximum atomic E-state index is 5.78. The molecule has 0 aliphatic carbocycles. The van der Waals surface area contributed by atoms with Gasteiger partial charge in [-0.3, -0.25) is 0 Å². The summed E-state index contributed by atoms with van der Waals surface area (Å²) in [5, 5.41) is 3.48. The minimum Gasteiger partial charge on any atom is -0.383 e. The average Bonchev–Trinajstić information content (AvgIpc) is 2.96. The van der Waals surface area contributed by atoms with Crippen molar-refractivity contribution in [1.82, 2.24) is 5.32 Å². The molecule has 2 rings (SSSR count). The van der Waals surface area contributed by atoms with E-state index in [-0.39, 0.29) is 0 Å². The van der Waals surface area contributed by atoms with Crippen LogP contribution in [0.4, 0.5) is 0 Å². The maximum absolute atomic E-state index is 5.78. The molecular weight excluding hydrogens is 238 g/mol. The predicted molar refractivity (Wildman–Crippen MR) is 77.5 cm³/mol. The zero-order valence-corrected chi connectivity index (χ0v) is 11.8. The molecule has 0 saturated carbocycles. The number of rotatable bonds is 8. The molecule has 2 atom stereocenters.